The average Bonchev–Trinajstić information content (AvgIpc) is 3.43. The van der Waals surface area contributed by atoms with Crippen LogP contribution in [0, 0.1) is 10.1 Å². The summed E-state index contributed by atoms with van der Waals surface area (Å²) in [6.45, 7) is 0. The number of hydrogen-bond donors (Lipinski definition) is 0. The molecule has 4 aromatic heterocycles. The highest BCUT2D eigenvalue weighted by Crippen LogP contribution is 2.32. The Labute approximate surface area is 154 Å². The van der Waals surface area contributed by atoms with Gasteiger partial charge in [0, 0.05) is 17.7 Å². The number of benzene rings is 1. The minimum Gasteiger partial charge on any atom is -0.461 e. The number of non-ortho nitro benzene ring substituents is 1. The Morgan fingerprint density at radius 2 is 1.81 bits per heavy atom. The van der Waals surface area contributed by atoms with Crippen molar-refractivity contribution in [2.24, 2.45) is 0 Å². The Morgan fingerprint density at radius 1 is 1.00 bits per heavy atom. The summed E-state index contributed by atoms with van der Waals surface area (Å²) in [6, 6.07) is 13.3. The molecule has 0 N–H and O–H groups in total. The molecule has 4 heterocycles. The Morgan fingerprint density at radius 3 is 2.56 bits per heavy atom. The van der Waals surface area contributed by atoms with Crippen LogP contribution in [-0.4, -0.2) is 24.7 Å². The van der Waals surface area contributed by atoms with Crippen molar-refractivity contribution >= 4 is 22.0 Å². The average molecular weight is 379 g/mol. The first-order valence-electron chi connectivity index (χ1n) is 7.80. The van der Waals surface area contributed by atoms with Crippen LogP contribution in [-0.2, 0) is 0 Å². The molecule has 0 aliphatic carbocycles. The maximum absolute atomic E-state index is 10.8. The summed E-state index contributed by atoms with van der Waals surface area (Å²) < 4.78 is 12.8. The van der Waals surface area contributed by atoms with Crippen molar-refractivity contribution in [3.8, 4) is 33.7 Å². The van der Waals surface area contributed by atoms with Gasteiger partial charge in [0.2, 0.25) is 10.8 Å². The predicted molar refractivity (Wildman–Crippen MR) is 96.2 cm³/mol. The van der Waals surface area contributed by atoms with Crippen LogP contribution < -0.4 is 0 Å². The fraction of sp³-hybridized carbons (Fsp3) is 0. The van der Waals surface area contributed by atoms with Crippen LogP contribution in [0.1, 0.15) is 0 Å². The summed E-state index contributed by atoms with van der Waals surface area (Å²) in [7, 11) is 0. The van der Waals surface area contributed by atoms with Crippen molar-refractivity contribution in [2.45, 2.75) is 0 Å². The largest absolute Gasteiger partial charge is 0.461 e. The van der Waals surface area contributed by atoms with Gasteiger partial charge in [0.15, 0.2) is 16.5 Å². The second-order valence-electron chi connectivity index (χ2n) is 5.57. The van der Waals surface area contributed by atoms with Gasteiger partial charge in [0.1, 0.15) is 5.76 Å². The van der Waals surface area contributed by atoms with E-state index in [1.54, 1.807) is 47.2 Å². The molecule has 0 radical (unpaired) electrons. The Bertz CT molecular complexity index is 1250. The van der Waals surface area contributed by atoms with E-state index in [1.807, 2.05) is 0 Å². The molecule has 0 unspecified atom stereocenters. The number of nitro groups is 1. The molecule has 0 atom stereocenters. The molecule has 132 valence electrons. The lowest BCUT2D eigenvalue weighted by molar-refractivity contribution is -0.384. The number of nitrogens with zero attached hydrogens (tertiary/aromatic N) is 5. The van der Waals surface area contributed by atoms with E-state index in [0.717, 1.165) is 5.56 Å². The molecule has 0 bridgehead atoms. The highest BCUT2D eigenvalue weighted by Gasteiger charge is 2.18. The second-order valence-corrected chi connectivity index (χ2v) is 6.53. The summed E-state index contributed by atoms with van der Waals surface area (Å²) in [5.74, 6) is 2.26. The van der Waals surface area contributed by atoms with Crippen molar-refractivity contribution < 1.29 is 13.8 Å². The topological polar surface area (TPSA) is 112 Å². The molecule has 9 nitrogen and oxygen atoms in total. The van der Waals surface area contributed by atoms with Crippen LogP contribution in [0.25, 0.3) is 38.6 Å². The summed E-state index contributed by atoms with van der Waals surface area (Å²) in [4.78, 5) is 10.9. The van der Waals surface area contributed by atoms with Crippen LogP contribution in [0.15, 0.2) is 63.6 Å². The monoisotopic (exact) mass is 379 g/mol. The van der Waals surface area contributed by atoms with Gasteiger partial charge < -0.3 is 8.83 Å². The van der Waals surface area contributed by atoms with E-state index >= 15 is 0 Å². The highest BCUT2D eigenvalue weighted by molar-refractivity contribution is 7.19. The number of nitro benzene ring substituents is 1. The third-order valence-electron chi connectivity index (χ3n) is 3.91. The Balaban J connectivity index is 1.50. The Hall–Kier alpha value is -3.79. The predicted octanol–water partition coefficient (Wildman–Crippen LogP) is 4.28. The van der Waals surface area contributed by atoms with E-state index < -0.39 is 4.92 Å². The fourth-order valence-corrected chi connectivity index (χ4v) is 3.43. The molecular weight excluding hydrogens is 370 g/mol. The van der Waals surface area contributed by atoms with E-state index in [2.05, 4.69) is 15.3 Å². The van der Waals surface area contributed by atoms with E-state index in [0.29, 0.717) is 33.1 Å². The van der Waals surface area contributed by atoms with Crippen LogP contribution in [0.3, 0.4) is 0 Å². The molecule has 0 fully saturated rings. The van der Waals surface area contributed by atoms with Gasteiger partial charge in [0.25, 0.3) is 5.69 Å². The van der Waals surface area contributed by atoms with Gasteiger partial charge in [-0.1, -0.05) is 11.3 Å². The maximum atomic E-state index is 10.8. The van der Waals surface area contributed by atoms with Crippen LogP contribution in [0.4, 0.5) is 5.69 Å². The normalized spacial score (nSPS) is 11.3. The zero-order chi connectivity index (χ0) is 18.4. The van der Waals surface area contributed by atoms with Crippen LogP contribution in [0.5, 0.6) is 0 Å². The zero-order valence-corrected chi connectivity index (χ0v) is 14.3. The molecule has 27 heavy (non-hydrogen) atoms. The van der Waals surface area contributed by atoms with Crippen molar-refractivity contribution in [3.63, 3.8) is 0 Å². The lowest BCUT2D eigenvalue weighted by atomic mass is 10.1. The quantitative estimate of drug-likeness (QED) is 0.338. The fourth-order valence-electron chi connectivity index (χ4n) is 2.63. The van der Waals surface area contributed by atoms with Crippen molar-refractivity contribution in [3.05, 3.63) is 64.9 Å². The summed E-state index contributed by atoms with van der Waals surface area (Å²) in [5.41, 5.74) is 0.774. The van der Waals surface area contributed by atoms with E-state index in [1.165, 1.54) is 23.5 Å². The summed E-state index contributed by atoms with van der Waals surface area (Å²) in [5, 5.41) is 24.1. The molecule has 5 aromatic rings. The van der Waals surface area contributed by atoms with Crippen molar-refractivity contribution in [2.75, 3.05) is 0 Å². The molecule has 0 amide bonds. The first-order chi connectivity index (χ1) is 13.2. The van der Waals surface area contributed by atoms with Gasteiger partial charge in [-0.05, 0) is 36.4 Å². The number of furan rings is 2. The van der Waals surface area contributed by atoms with Gasteiger partial charge in [-0.25, -0.2) is 0 Å². The molecular formula is C17H9N5O4S. The number of fused-ring (bicyclic) bond motifs is 1. The third-order valence-corrected chi connectivity index (χ3v) is 4.83. The van der Waals surface area contributed by atoms with Gasteiger partial charge in [0.05, 0.1) is 11.2 Å². The molecule has 0 aliphatic heterocycles. The zero-order valence-electron chi connectivity index (χ0n) is 13.5. The summed E-state index contributed by atoms with van der Waals surface area (Å²) in [6.07, 6.45) is 1.56. The molecule has 0 aliphatic rings. The van der Waals surface area contributed by atoms with Crippen LogP contribution >= 0.6 is 11.3 Å². The molecule has 0 saturated carbocycles. The van der Waals surface area contributed by atoms with Gasteiger partial charge in [-0.3, -0.25) is 10.1 Å². The van der Waals surface area contributed by atoms with E-state index in [9.17, 15) is 10.1 Å². The number of rotatable bonds is 4. The minimum absolute atomic E-state index is 0.0321. The lowest BCUT2D eigenvalue weighted by Crippen LogP contribution is -1.89. The SMILES string of the molecule is O=[N+]([O-])c1ccc(-c2ccc(-c3nn4c(-c5ccco5)nnc4s3)o2)cc1. The van der Waals surface area contributed by atoms with Gasteiger partial charge in [-0.2, -0.15) is 4.52 Å². The summed E-state index contributed by atoms with van der Waals surface area (Å²) >= 11 is 1.34. The first-order valence-corrected chi connectivity index (χ1v) is 8.62. The van der Waals surface area contributed by atoms with E-state index in [4.69, 9.17) is 8.83 Å². The minimum atomic E-state index is -0.437. The third kappa shape index (κ3) is 2.59. The molecule has 1 aromatic carbocycles. The van der Waals surface area contributed by atoms with Gasteiger partial charge in [-0.15, -0.1) is 15.3 Å². The van der Waals surface area contributed by atoms with Crippen molar-refractivity contribution in [1.29, 1.82) is 0 Å². The number of aromatic nitrogens is 4. The molecule has 5 rings (SSSR count). The van der Waals surface area contributed by atoms with E-state index in [-0.39, 0.29) is 5.69 Å². The standard InChI is InChI=1S/C17H9N5O4S/c23-22(24)11-5-3-10(4-6-11)12-7-8-14(26-12)16-20-21-15(13-2-1-9-25-13)18-19-17(21)27-16/h1-9H. The molecule has 0 saturated heterocycles. The van der Waals surface area contributed by atoms with Crippen molar-refractivity contribution in [1.82, 2.24) is 19.8 Å². The maximum Gasteiger partial charge on any atom is 0.269 e. The van der Waals surface area contributed by atoms with Crippen LogP contribution in [0.2, 0.25) is 0 Å². The second kappa shape index (κ2) is 5.88. The molecule has 10 heteroatoms. The highest BCUT2D eigenvalue weighted by atomic mass is 32.1. The first kappa shape index (κ1) is 15.5. The number of hydrogen-bond acceptors (Lipinski definition) is 8. The smallest absolute Gasteiger partial charge is 0.269 e. The Kier molecular flexibility index (Phi) is 3.37. The lowest BCUT2D eigenvalue weighted by Gasteiger charge is -1.96. The van der Waals surface area contributed by atoms with Gasteiger partial charge >= 0.3 is 0 Å². The molecule has 0 spiro atoms.